The molecule has 0 aromatic carbocycles. The molecule has 0 fully saturated rings. The van der Waals surface area contributed by atoms with Gasteiger partial charge < -0.3 is 5.73 Å². The van der Waals surface area contributed by atoms with Gasteiger partial charge in [-0.1, -0.05) is 0 Å². The van der Waals surface area contributed by atoms with Crippen LogP contribution in [0.5, 0.6) is 0 Å². The molecular formula is C2H7NO3S2. The number of hydrogen-bond acceptors (Lipinski definition) is 4. The molecule has 0 aromatic heterocycles. The minimum Gasteiger partial charge on any atom is -0.304 e. The zero-order chi connectivity index (χ0) is 6.57. The second-order valence-corrected chi connectivity index (χ2v) is 2.03. The van der Waals surface area contributed by atoms with Crippen LogP contribution >= 0.6 is 12.6 Å². The zero-order valence-corrected chi connectivity index (χ0v) is 5.69. The van der Waals surface area contributed by atoms with E-state index in [0.29, 0.717) is 0 Å². The van der Waals surface area contributed by atoms with Gasteiger partial charge in [0.15, 0.2) is 0 Å². The van der Waals surface area contributed by atoms with Crippen LogP contribution in [0.1, 0.15) is 0 Å². The van der Waals surface area contributed by atoms with Gasteiger partial charge in [0.2, 0.25) is 0 Å². The van der Waals surface area contributed by atoms with E-state index in [1.807, 2.05) is 0 Å². The van der Waals surface area contributed by atoms with Crippen LogP contribution in [0.15, 0.2) is 0 Å². The van der Waals surface area contributed by atoms with Crippen molar-refractivity contribution in [3.8, 4) is 0 Å². The van der Waals surface area contributed by atoms with E-state index in [1.165, 1.54) is 0 Å². The van der Waals surface area contributed by atoms with Crippen LogP contribution in [0, 0.1) is 0 Å². The van der Waals surface area contributed by atoms with Gasteiger partial charge in [-0.05, 0) is 0 Å². The SMILES string of the molecule is N[C@@H](CS)OS(=O)O. The standard InChI is InChI=1S/C2H7NO3S2/c3-2(1-7)6-8(4)5/h2,7H,1,3H2,(H,4,5)/t2-/m1/s1. The van der Waals surface area contributed by atoms with Crippen LogP contribution in [-0.4, -0.2) is 20.7 Å². The van der Waals surface area contributed by atoms with E-state index < -0.39 is 17.6 Å². The van der Waals surface area contributed by atoms with Gasteiger partial charge in [0, 0.05) is 5.75 Å². The Balaban J connectivity index is 3.24. The molecule has 2 atom stereocenters. The highest BCUT2D eigenvalue weighted by Crippen LogP contribution is 1.87. The van der Waals surface area contributed by atoms with Gasteiger partial charge in [-0.25, -0.2) is 4.18 Å². The molecule has 0 bridgehead atoms. The summed E-state index contributed by atoms with van der Waals surface area (Å²) in [6.45, 7) is 0. The van der Waals surface area contributed by atoms with Crippen molar-refractivity contribution in [2.75, 3.05) is 5.75 Å². The Morgan fingerprint density at radius 2 is 2.50 bits per heavy atom. The molecule has 0 saturated carbocycles. The molecule has 50 valence electrons. The molecule has 0 saturated heterocycles. The molecule has 0 rings (SSSR count). The molecule has 0 aliphatic rings. The Morgan fingerprint density at radius 3 is 2.62 bits per heavy atom. The summed E-state index contributed by atoms with van der Waals surface area (Å²) >= 11 is 1.43. The lowest BCUT2D eigenvalue weighted by atomic mass is 10.7. The first-order valence-corrected chi connectivity index (χ1v) is 3.47. The van der Waals surface area contributed by atoms with Crippen molar-refractivity contribution in [1.29, 1.82) is 0 Å². The molecule has 0 aliphatic carbocycles. The Kier molecular flexibility index (Phi) is 4.48. The van der Waals surface area contributed by atoms with Gasteiger partial charge in [0.05, 0.1) is 0 Å². The number of hydrogen-bond donors (Lipinski definition) is 3. The van der Waals surface area contributed by atoms with Gasteiger partial charge in [-0.2, -0.15) is 16.8 Å². The maximum absolute atomic E-state index is 9.74. The van der Waals surface area contributed by atoms with Crippen molar-refractivity contribution in [2.24, 2.45) is 5.73 Å². The molecule has 0 aliphatic heterocycles. The second-order valence-electron chi connectivity index (χ2n) is 1.03. The first kappa shape index (κ1) is 8.38. The van der Waals surface area contributed by atoms with Gasteiger partial charge in [-0.3, -0.25) is 4.55 Å². The summed E-state index contributed by atoms with van der Waals surface area (Å²) in [5, 5.41) is 0. The Bertz CT molecular complexity index is 87.4. The Morgan fingerprint density at radius 1 is 2.00 bits per heavy atom. The van der Waals surface area contributed by atoms with Crippen LogP contribution in [0.3, 0.4) is 0 Å². The van der Waals surface area contributed by atoms with E-state index in [9.17, 15) is 4.21 Å². The van der Waals surface area contributed by atoms with Crippen molar-refractivity contribution in [3.05, 3.63) is 0 Å². The largest absolute Gasteiger partial charge is 0.304 e. The minimum atomic E-state index is -2.27. The lowest BCUT2D eigenvalue weighted by molar-refractivity contribution is 0.235. The molecule has 8 heavy (non-hydrogen) atoms. The minimum absolute atomic E-state index is 0.228. The van der Waals surface area contributed by atoms with E-state index >= 15 is 0 Å². The first-order chi connectivity index (χ1) is 3.66. The number of rotatable bonds is 3. The van der Waals surface area contributed by atoms with E-state index in [0.717, 1.165) is 0 Å². The molecule has 4 nitrogen and oxygen atoms in total. The smallest absolute Gasteiger partial charge is 0.303 e. The van der Waals surface area contributed by atoms with Crippen molar-refractivity contribution in [3.63, 3.8) is 0 Å². The second kappa shape index (κ2) is 4.28. The van der Waals surface area contributed by atoms with E-state index in [-0.39, 0.29) is 5.75 Å². The molecule has 1 unspecified atom stereocenters. The van der Waals surface area contributed by atoms with Gasteiger partial charge in [0.25, 0.3) is 0 Å². The van der Waals surface area contributed by atoms with Crippen LogP contribution in [0.25, 0.3) is 0 Å². The van der Waals surface area contributed by atoms with E-state index in [1.54, 1.807) is 0 Å². The average molecular weight is 157 g/mol. The van der Waals surface area contributed by atoms with Crippen LogP contribution in [0.4, 0.5) is 0 Å². The number of nitrogens with two attached hydrogens (primary N) is 1. The van der Waals surface area contributed by atoms with Crippen molar-refractivity contribution < 1.29 is 12.9 Å². The number of thiol groups is 1. The van der Waals surface area contributed by atoms with Crippen LogP contribution < -0.4 is 5.73 Å². The summed E-state index contributed by atoms with van der Waals surface area (Å²) in [5.41, 5.74) is 5.02. The highest BCUT2D eigenvalue weighted by molar-refractivity contribution is 7.80. The molecule has 0 amide bonds. The third-order valence-electron chi connectivity index (χ3n) is 0.386. The van der Waals surface area contributed by atoms with Crippen molar-refractivity contribution in [1.82, 2.24) is 0 Å². The lowest BCUT2D eigenvalue weighted by Crippen LogP contribution is -2.26. The van der Waals surface area contributed by atoms with Crippen molar-refractivity contribution in [2.45, 2.75) is 6.23 Å². The van der Waals surface area contributed by atoms with Gasteiger partial charge in [-0.15, -0.1) is 0 Å². The van der Waals surface area contributed by atoms with E-state index in [4.69, 9.17) is 10.3 Å². The molecule has 0 aromatic rings. The summed E-state index contributed by atoms with van der Waals surface area (Å²) in [4.78, 5) is 0. The van der Waals surface area contributed by atoms with E-state index in [2.05, 4.69) is 16.8 Å². The Hall–Kier alpha value is 0.380. The summed E-state index contributed by atoms with van der Waals surface area (Å²) in [6.07, 6.45) is -0.760. The topological polar surface area (TPSA) is 72.5 Å². The summed E-state index contributed by atoms with van der Waals surface area (Å²) in [5.74, 6) is 0.228. The summed E-state index contributed by atoms with van der Waals surface area (Å²) in [7, 11) is 0. The van der Waals surface area contributed by atoms with Gasteiger partial charge >= 0.3 is 11.4 Å². The summed E-state index contributed by atoms with van der Waals surface area (Å²) < 4.78 is 21.9. The molecule has 3 N–H and O–H groups in total. The monoisotopic (exact) mass is 157 g/mol. The maximum atomic E-state index is 9.74. The molecule has 6 heteroatoms. The fourth-order valence-corrected chi connectivity index (χ4v) is 0.591. The zero-order valence-electron chi connectivity index (χ0n) is 3.98. The molecule has 0 spiro atoms. The fourth-order valence-electron chi connectivity index (χ4n) is 0.136. The molecular weight excluding hydrogens is 150 g/mol. The third kappa shape index (κ3) is 4.54. The molecule has 0 heterocycles. The Labute approximate surface area is 55.3 Å². The molecule has 0 radical (unpaired) electrons. The fraction of sp³-hybridized carbons (Fsp3) is 1.00. The normalized spacial score (nSPS) is 17.9. The average Bonchev–Trinajstić information content (AvgIpc) is 1.65. The van der Waals surface area contributed by atoms with Crippen LogP contribution in [0.2, 0.25) is 0 Å². The predicted molar refractivity (Wildman–Crippen MR) is 33.7 cm³/mol. The van der Waals surface area contributed by atoms with Crippen molar-refractivity contribution >= 4 is 24.0 Å². The maximum Gasteiger partial charge on any atom is 0.303 e. The summed E-state index contributed by atoms with van der Waals surface area (Å²) in [6, 6.07) is 0. The highest BCUT2D eigenvalue weighted by Gasteiger charge is 2.01. The first-order valence-electron chi connectivity index (χ1n) is 1.81. The third-order valence-corrected chi connectivity index (χ3v) is 1.16. The van der Waals surface area contributed by atoms with Gasteiger partial charge in [0.1, 0.15) is 6.23 Å². The van der Waals surface area contributed by atoms with Crippen LogP contribution in [-0.2, 0) is 15.5 Å². The predicted octanol–water partition coefficient (Wildman–Crippen LogP) is -0.646. The highest BCUT2D eigenvalue weighted by atomic mass is 32.2. The quantitative estimate of drug-likeness (QED) is 0.289. The lowest BCUT2D eigenvalue weighted by Gasteiger charge is -2.02.